The Morgan fingerprint density at radius 3 is 2.22 bits per heavy atom. The van der Waals surface area contributed by atoms with Gasteiger partial charge in [-0.2, -0.15) is 0 Å². The quantitative estimate of drug-likeness (QED) is 0.594. The second-order valence-corrected chi connectivity index (χ2v) is 10.5. The molecular weight excluding hydrogens is 398 g/mol. The fourth-order valence-electron chi connectivity index (χ4n) is 2.72. The van der Waals surface area contributed by atoms with Crippen LogP contribution >= 0.6 is 22.7 Å². The molecule has 7 heteroatoms. The van der Waals surface area contributed by atoms with E-state index in [1.165, 1.54) is 22.7 Å². The summed E-state index contributed by atoms with van der Waals surface area (Å²) in [5.74, 6) is 0.0804. The Bertz CT molecular complexity index is 974. The van der Waals surface area contributed by atoms with E-state index in [9.17, 15) is 13.2 Å². The van der Waals surface area contributed by atoms with Crippen molar-refractivity contribution in [3.05, 3.63) is 74.6 Å². The second-order valence-electron chi connectivity index (χ2n) is 6.46. The van der Waals surface area contributed by atoms with Crippen molar-refractivity contribution in [1.82, 2.24) is 5.32 Å². The Labute approximate surface area is 167 Å². The minimum Gasteiger partial charge on any atom is -0.350 e. The standard InChI is InChI=1S/C20H21NO3S3/c1-14(2)15-7-9-16(10-8-15)27(23,24)19(17-5-3-11-25-17)13-21-20(22)18-6-4-12-26-18/h3-12,14,19H,13H2,1-2H3,(H,21,22)/t19-/m1/s1. The highest BCUT2D eigenvalue weighted by Crippen LogP contribution is 2.32. The summed E-state index contributed by atoms with van der Waals surface area (Å²) in [5.41, 5.74) is 1.09. The van der Waals surface area contributed by atoms with Crippen LogP contribution in [0, 0.1) is 0 Å². The van der Waals surface area contributed by atoms with Gasteiger partial charge in [-0.15, -0.1) is 22.7 Å². The number of nitrogens with one attached hydrogen (secondary N) is 1. The Hall–Kier alpha value is -1.96. The summed E-state index contributed by atoms with van der Waals surface area (Å²) in [5, 5.41) is 5.63. The van der Waals surface area contributed by atoms with Crippen molar-refractivity contribution in [3.63, 3.8) is 0 Å². The Morgan fingerprint density at radius 2 is 1.67 bits per heavy atom. The van der Waals surface area contributed by atoms with E-state index in [1.54, 1.807) is 30.3 Å². The summed E-state index contributed by atoms with van der Waals surface area (Å²) in [6.45, 7) is 4.17. The Balaban J connectivity index is 1.87. The molecule has 0 aliphatic carbocycles. The molecule has 0 aliphatic rings. The van der Waals surface area contributed by atoms with Crippen molar-refractivity contribution in [2.75, 3.05) is 6.54 Å². The first-order valence-corrected chi connectivity index (χ1v) is 11.9. The summed E-state index contributed by atoms with van der Waals surface area (Å²) in [4.78, 5) is 13.8. The molecule has 3 aromatic rings. The van der Waals surface area contributed by atoms with Crippen LogP contribution in [0.1, 0.15) is 45.1 Å². The second kappa shape index (κ2) is 8.37. The van der Waals surface area contributed by atoms with Crippen LogP contribution in [0.25, 0.3) is 0 Å². The van der Waals surface area contributed by atoms with E-state index < -0.39 is 15.1 Å². The molecule has 0 radical (unpaired) electrons. The van der Waals surface area contributed by atoms with Crippen LogP contribution in [0.5, 0.6) is 0 Å². The number of sulfone groups is 1. The largest absolute Gasteiger partial charge is 0.350 e. The number of carbonyl (C=O) groups is 1. The summed E-state index contributed by atoms with van der Waals surface area (Å²) in [6.07, 6.45) is 0. The van der Waals surface area contributed by atoms with E-state index >= 15 is 0 Å². The summed E-state index contributed by atoms with van der Waals surface area (Å²) >= 11 is 2.71. The lowest BCUT2D eigenvalue weighted by atomic mass is 10.0. The highest BCUT2D eigenvalue weighted by Gasteiger charge is 2.30. The molecule has 4 nitrogen and oxygen atoms in total. The lowest BCUT2D eigenvalue weighted by molar-refractivity contribution is 0.0958. The van der Waals surface area contributed by atoms with Crippen LogP contribution < -0.4 is 5.32 Å². The SMILES string of the molecule is CC(C)c1ccc(S(=O)(=O)[C@H](CNC(=O)c2cccs2)c2cccs2)cc1. The van der Waals surface area contributed by atoms with Gasteiger partial charge < -0.3 is 5.32 Å². The molecule has 0 aliphatic heterocycles. The number of carbonyl (C=O) groups excluding carboxylic acids is 1. The molecule has 2 aromatic heterocycles. The molecule has 1 atom stereocenters. The summed E-state index contributed by atoms with van der Waals surface area (Å²) < 4.78 is 26.5. The van der Waals surface area contributed by atoms with Crippen LogP contribution in [0.3, 0.4) is 0 Å². The molecule has 27 heavy (non-hydrogen) atoms. The molecule has 3 rings (SSSR count). The lowest BCUT2D eigenvalue weighted by Crippen LogP contribution is -2.31. The third kappa shape index (κ3) is 4.48. The molecule has 1 amide bonds. The van der Waals surface area contributed by atoms with Crippen LogP contribution in [-0.2, 0) is 9.84 Å². The molecule has 0 saturated carbocycles. The number of hydrogen-bond donors (Lipinski definition) is 1. The predicted molar refractivity (Wildman–Crippen MR) is 111 cm³/mol. The zero-order valence-electron chi connectivity index (χ0n) is 15.1. The van der Waals surface area contributed by atoms with Crippen molar-refractivity contribution in [1.29, 1.82) is 0 Å². The number of benzene rings is 1. The van der Waals surface area contributed by atoms with Gasteiger partial charge in [0, 0.05) is 11.4 Å². The van der Waals surface area contributed by atoms with Gasteiger partial charge in [-0.05, 0) is 46.5 Å². The van der Waals surface area contributed by atoms with Crippen LogP contribution in [0.15, 0.2) is 64.2 Å². The number of hydrogen-bond acceptors (Lipinski definition) is 5. The Morgan fingerprint density at radius 1 is 1.00 bits per heavy atom. The van der Waals surface area contributed by atoms with Crippen LogP contribution in [0.2, 0.25) is 0 Å². The first-order valence-electron chi connectivity index (χ1n) is 8.58. The van der Waals surface area contributed by atoms with E-state index in [0.29, 0.717) is 10.8 Å². The molecule has 0 spiro atoms. The van der Waals surface area contributed by atoms with E-state index in [1.807, 2.05) is 29.0 Å². The van der Waals surface area contributed by atoms with E-state index in [0.717, 1.165) is 10.4 Å². The molecule has 142 valence electrons. The van der Waals surface area contributed by atoms with Gasteiger partial charge in [0.2, 0.25) is 0 Å². The van der Waals surface area contributed by atoms with Crippen LogP contribution in [0.4, 0.5) is 0 Å². The number of rotatable bonds is 7. The average Bonchev–Trinajstić information content (AvgIpc) is 3.35. The van der Waals surface area contributed by atoms with E-state index in [-0.39, 0.29) is 17.3 Å². The van der Waals surface area contributed by atoms with Crippen molar-refractivity contribution in [3.8, 4) is 0 Å². The number of thiophene rings is 2. The fraction of sp³-hybridized carbons (Fsp3) is 0.250. The summed E-state index contributed by atoms with van der Waals surface area (Å²) in [7, 11) is -3.63. The van der Waals surface area contributed by atoms with E-state index in [2.05, 4.69) is 19.2 Å². The molecule has 0 fully saturated rings. The lowest BCUT2D eigenvalue weighted by Gasteiger charge is -2.18. The average molecular weight is 420 g/mol. The monoisotopic (exact) mass is 419 g/mol. The van der Waals surface area contributed by atoms with Crippen molar-refractivity contribution in [2.24, 2.45) is 0 Å². The molecule has 0 saturated heterocycles. The van der Waals surface area contributed by atoms with Crippen molar-refractivity contribution >= 4 is 38.4 Å². The van der Waals surface area contributed by atoms with Gasteiger partial charge in [-0.25, -0.2) is 8.42 Å². The zero-order chi connectivity index (χ0) is 19.4. The maximum atomic E-state index is 13.3. The third-order valence-corrected chi connectivity index (χ3v) is 8.41. The maximum absolute atomic E-state index is 13.3. The highest BCUT2D eigenvalue weighted by atomic mass is 32.2. The highest BCUT2D eigenvalue weighted by molar-refractivity contribution is 7.91. The van der Waals surface area contributed by atoms with Gasteiger partial charge in [0.25, 0.3) is 5.91 Å². The van der Waals surface area contributed by atoms with Gasteiger partial charge in [-0.3, -0.25) is 4.79 Å². The van der Waals surface area contributed by atoms with E-state index in [4.69, 9.17) is 0 Å². The van der Waals surface area contributed by atoms with Gasteiger partial charge in [0.05, 0.1) is 9.77 Å². The predicted octanol–water partition coefficient (Wildman–Crippen LogP) is 4.88. The van der Waals surface area contributed by atoms with Gasteiger partial charge in [0.1, 0.15) is 5.25 Å². The minimum absolute atomic E-state index is 0.0332. The maximum Gasteiger partial charge on any atom is 0.261 e. The van der Waals surface area contributed by atoms with Crippen molar-refractivity contribution < 1.29 is 13.2 Å². The van der Waals surface area contributed by atoms with Gasteiger partial charge >= 0.3 is 0 Å². The molecule has 0 bridgehead atoms. The number of amides is 1. The molecule has 1 N–H and O–H groups in total. The smallest absolute Gasteiger partial charge is 0.261 e. The molecular formula is C20H21NO3S3. The van der Waals surface area contributed by atoms with Crippen molar-refractivity contribution in [2.45, 2.75) is 29.9 Å². The first-order chi connectivity index (χ1) is 12.9. The van der Waals surface area contributed by atoms with Gasteiger partial charge in [-0.1, -0.05) is 38.1 Å². The fourth-order valence-corrected chi connectivity index (χ4v) is 6.15. The minimum atomic E-state index is -3.63. The Kier molecular flexibility index (Phi) is 6.14. The van der Waals surface area contributed by atoms with Gasteiger partial charge in [0.15, 0.2) is 9.84 Å². The third-order valence-electron chi connectivity index (χ3n) is 4.30. The van der Waals surface area contributed by atoms with Crippen LogP contribution in [-0.4, -0.2) is 20.9 Å². The summed E-state index contributed by atoms with van der Waals surface area (Å²) in [6, 6.07) is 14.2. The molecule has 0 unspecified atom stereocenters. The zero-order valence-corrected chi connectivity index (χ0v) is 17.5. The molecule has 1 aromatic carbocycles. The topological polar surface area (TPSA) is 63.2 Å². The normalized spacial score (nSPS) is 12.9. The molecule has 2 heterocycles. The first kappa shape index (κ1) is 19.8.